The second-order valence-electron chi connectivity index (χ2n) is 4.09. The van der Waals surface area contributed by atoms with Gasteiger partial charge in [-0.25, -0.2) is 4.98 Å². The molecule has 1 aromatic carbocycles. The van der Waals surface area contributed by atoms with Gasteiger partial charge in [0.1, 0.15) is 0 Å². The summed E-state index contributed by atoms with van der Waals surface area (Å²) in [5.74, 6) is 5.45. The first kappa shape index (κ1) is 15.4. The van der Waals surface area contributed by atoms with Crippen LogP contribution in [-0.2, 0) is 12.6 Å². The Morgan fingerprint density at radius 2 is 2.15 bits per heavy atom. The van der Waals surface area contributed by atoms with E-state index in [0.717, 1.165) is 11.1 Å². The van der Waals surface area contributed by atoms with Gasteiger partial charge in [-0.3, -0.25) is 11.3 Å². The number of rotatable bonds is 4. The van der Waals surface area contributed by atoms with Crippen LogP contribution in [-0.4, -0.2) is 4.98 Å². The summed E-state index contributed by atoms with van der Waals surface area (Å²) in [6, 6.07) is 3.67. The number of aromatic nitrogens is 1. The minimum Gasteiger partial charge on any atom is -0.271 e. The molecule has 0 aliphatic rings. The molecule has 8 heteroatoms. The largest absolute Gasteiger partial charge is 0.417 e. The maximum absolute atomic E-state index is 12.9. The second kappa shape index (κ2) is 6.21. The van der Waals surface area contributed by atoms with E-state index in [9.17, 15) is 13.2 Å². The van der Waals surface area contributed by atoms with Crippen molar-refractivity contribution in [1.82, 2.24) is 10.4 Å². The lowest BCUT2D eigenvalue weighted by Crippen LogP contribution is -2.29. The number of halogens is 4. The molecule has 2 rings (SSSR count). The zero-order valence-electron chi connectivity index (χ0n) is 10.1. The van der Waals surface area contributed by atoms with E-state index in [0.29, 0.717) is 12.0 Å². The summed E-state index contributed by atoms with van der Waals surface area (Å²) in [5.41, 5.74) is 2.30. The fourth-order valence-corrected chi connectivity index (χ4v) is 2.91. The van der Waals surface area contributed by atoms with Gasteiger partial charge in [0.05, 0.1) is 16.6 Å². The molecule has 3 N–H and O–H groups in total. The topological polar surface area (TPSA) is 50.9 Å². The molecule has 0 saturated carbocycles. The van der Waals surface area contributed by atoms with E-state index < -0.39 is 17.8 Å². The monoisotopic (exact) mass is 365 g/mol. The highest BCUT2D eigenvalue weighted by molar-refractivity contribution is 9.10. The van der Waals surface area contributed by atoms with Gasteiger partial charge >= 0.3 is 6.18 Å². The summed E-state index contributed by atoms with van der Waals surface area (Å²) >= 11 is 4.35. The minimum atomic E-state index is -4.41. The molecule has 1 unspecified atom stereocenters. The fraction of sp³-hybridized carbons (Fsp3) is 0.250. The lowest BCUT2D eigenvalue weighted by Gasteiger charge is -2.17. The lowest BCUT2D eigenvalue weighted by molar-refractivity contribution is -0.138. The van der Waals surface area contributed by atoms with Crippen molar-refractivity contribution in [2.45, 2.75) is 18.6 Å². The molecule has 0 aliphatic heterocycles. The third kappa shape index (κ3) is 3.57. The first-order valence-electron chi connectivity index (χ1n) is 5.63. The van der Waals surface area contributed by atoms with Gasteiger partial charge in [0.2, 0.25) is 0 Å². The van der Waals surface area contributed by atoms with E-state index in [4.69, 9.17) is 5.84 Å². The van der Waals surface area contributed by atoms with Crippen LogP contribution in [0.1, 0.15) is 22.2 Å². The van der Waals surface area contributed by atoms with Crippen LogP contribution >= 0.6 is 27.3 Å². The third-order valence-corrected chi connectivity index (χ3v) is 4.26. The van der Waals surface area contributed by atoms with Gasteiger partial charge < -0.3 is 0 Å². The van der Waals surface area contributed by atoms with E-state index >= 15 is 0 Å². The summed E-state index contributed by atoms with van der Waals surface area (Å²) in [5, 5.41) is 2.62. The van der Waals surface area contributed by atoms with Gasteiger partial charge in [0, 0.05) is 22.5 Å². The lowest BCUT2D eigenvalue weighted by atomic mass is 10.0. The van der Waals surface area contributed by atoms with Crippen LogP contribution in [0.25, 0.3) is 0 Å². The number of hydrogen-bond acceptors (Lipinski definition) is 4. The molecule has 0 saturated heterocycles. The summed E-state index contributed by atoms with van der Waals surface area (Å²) in [4.78, 5) is 4.11. The molecule has 0 bridgehead atoms. The Hall–Kier alpha value is -0.960. The molecule has 1 heterocycles. The van der Waals surface area contributed by atoms with Gasteiger partial charge in [-0.2, -0.15) is 13.2 Å². The van der Waals surface area contributed by atoms with Gasteiger partial charge in [0.15, 0.2) is 0 Å². The van der Waals surface area contributed by atoms with Crippen molar-refractivity contribution in [2.24, 2.45) is 5.84 Å². The number of nitrogens with two attached hydrogens (primary N) is 1. The highest BCUT2D eigenvalue weighted by Crippen LogP contribution is 2.36. The molecule has 1 aromatic heterocycles. The van der Waals surface area contributed by atoms with Gasteiger partial charge in [-0.05, 0) is 17.7 Å². The number of thiazole rings is 1. The predicted molar refractivity (Wildman–Crippen MR) is 75.0 cm³/mol. The Kier molecular flexibility index (Phi) is 4.79. The van der Waals surface area contributed by atoms with Crippen molar-refractivity contribution >= 4 is 27.3 Å². The molecular formula is C12H11BrF3N3S. The molecule has 0 amide bonds. The maximum Gasteiger partial charge on any atom is 0.417 e. The smallest absolute Gasteiger partial charge is 0.271 e. The van der Waals surface area contributed by atoms with Crippen molar-refractivity contribution in [3.05, 3.63) is 50.4 Å². The number of hydrogen-bond donors (Lipinski definition) is 2. The third-order valence-electron chi connectivity index (χ3n) is 2.76. The average molecular weight is 366 g/mol. The molecule has 0 aliphatic carbocycles. The molecule has 1 atom stereocenters. The van der Waals surface area contributed by atoms with Crippen LogP contribution in [0.4, 0.5) is 13.2 Å². The zero-order valence-corrected chi connectivity index (χ0v) is 12.5. The van der Waals surface area contributed by atoms with Crippen molar-refractivity contribution in [2.75, 3.05) is 0 Å². The van der Waals surface area contributed by atoms with Crippen LogP contribution in [0.3, 0.4) is 0 Å². The number of nitrogens with zero attached hydrogens (tertiary/aromatic N) is 1. The number of alkyl halides is 3. The first-order valence-corrected chi connectivity index (χ1v) is 7.30. The predicted octanol–water partition coefficient (Wildman–Crippen LogP) is 3.67. The molecule has 2 aromatic rings. The van der Waals surface area contributed by atoms with Crippen LogP contribution in [0.15, 0.2) is 34.2 Å². The van der Waals surface area contributed by atoms with Gasteiger partial charge in [-0.1, -0.05) is 22.0 Å². The first-order chi connectivity index (χ1) is 9.41. The normalized spacial score (nSPS) is 13.4. The van der Waals surface area contributed by atoms with Crippen molar-refractivity contribution in [3.63, 3.8) is 0 Å². The molecule has 0 spiro atoms. The molecular weight excluding hydrogens is 355 g/mol. The Bertz CT molecular complexity index is 572. The van der Waals surface area contributed by atoms with E-state index in [1.54, 1.807) is 12.3 Å². The van der Waals surface area contributed by atoms with Crippen molar-refractivity contribution in [1.29, 1.82) is 0 Å². The highest BCUT2D eigenvalue weighted by Gasteiger charge is 2.33. The maximum atomic E-state index is 12.9. The van der Waals surface area contributed by atoms with Gasteiger partial charge in [0.25, 0.3) is 0 Å². The Balaban J connectivity index is 2.30. The quantitative estimate of drug-likeness (QED) is 0.641. The molecule has 108 valence electrons. The average Bonchev–Trinajstić information content (AvgIpc) is 2.88. The van der Waals surface area contributed by atoms with Crippen LogP contribution < -0.4 is 11.3 Å². The van der Waals surface area contributed by atoms with Crippen molar-refractivity contribution < 1.29 is 13.2 Å². The fourth-order valence-electron chi connectivity index (χ4n) is 1.78. The molecule has 0 fully saturated rings. The van der Waals surface area contributed by atoms with E-state index in [2.05, 4.69) is 26.3 Å². The summed E-state index contributed by atoms with van der Waals surface area (Å²) in [6.07, 6.45) is -2.32. The summed E-state index contributed by atoms with van der Waals surface area (Å²) in [7, 11) is 0. The molecule has 3 nitrogen and oxygen atoms in total. The Morgan fingerprint density at radius 1 is 1.40 bits per heavy atom. The second-order valence-corrected chi connectivity index (χ2v) is 5.92. The van der Waals surface area contributed by atoms with Crippen LogP contribution in [0.5, 0.6) is 0 Å². The number of nitrogens with one attached hydrogen (secondary N) is 1. The van der Waals surface area contributed by atoms with E-state index in [1.165, 1.54) is 17.4 Å². The molecule has 20 heavy (non-hydrogen) atoms. The summed E-state index contributed by atoms with van der Waals surface area (Å²) < 4.78 is 38.7. The number of hydrazine groups is 1. The Morgan fingerprint density at radius 3 is 2.70 bits per heavy atom. The minimum absolute atomic E-state index is 0.0128. The number of benzene rings is 1. The van der Waals surface area contributed by atoms with E-state index in [1.807, 2.05) is 5.38 Å². The standard InChI is InChI=1S/C12H11BrF3N3S/c13-9-2-1-7(5-8(9)12(14,15)16)10(19-17)6-11-18-3-4-20-11/h1-5,10,19H,6,17H2. The highest BCUT2D eigenvalue weighted by atomic mass is 79.9. The van der Waals surface area contributed by atoms with Crippen molar-refractivity contribution in [3.8, 4) is 0 Å². The zero-order chi connectivity index (χ0) is 14.8. The van der Waals surface area contributed by atoms with Crippen LogP contribution in [0.2, 0.25) is 0 Å². The van der Waals surface area contributed by atoms with E-state index in [-0.39, 0.29) is 4.47 Å². The summed E-state index contributed by atoms with van der Waals surface area (Å²) in [6.45, 7) is 0. The Labute approximate surface area is 126 Å². The SMILES string of the molecule is NNC(Cc1nccs1)c1ccc(Br)c(C(F)(F)F)c1. The van der Waals surface area contributed by atoms with Crippen LogP contribution in [0, 0.1) is 0 Å². The molecule has 0 radical (unpaired) electrons. The van der Waals surface area contributed by atoms with Gasteiger partial charge in [-0.15, -0.1) is 11.3 Å².